The van der Waals surface area contributed by atoms with Crippen molar-refractivity contribution in [3.05, 3.63) is 46.1 Å². The van der Waals surface area contributed by atoms with Crippen molar-refractivity contribution in [2.75, 3.05) is 21.2 Å². The third kappa shape index (κ3) is 3.70. The van der Waals surface area contributed by atoms with Crippen molar-refractivity contribution in [2.24, 2.45) is 0 Å². The van der Waals surface area contributed by atoms with Gasteiger partial charge in [-0.05, 0) is 18.2 Å². The first-order chi connectivity index (χ1) is 8.45. The van der Waals surface area contributed by atoms with Crippen LogP contribution in [-0.4, -0.2) is 37.9 Å². The molecule has 0 saturated carbocycles. The summed E-state index contributed by atoms with van der Waals surface area (Å²) in [7, 11) is 4.98. The van der Waals surface area contributed by atoms with Gasteiger partial charge >= 0.3 is 5.97 Å². The molecule has 0 N–H and O–H groups in total. The summed E-state index contributed by atoms with van der Waals surface area (Å²) in [5.74, 6) is -0.564. The zero-order chi connectivity index (χ0) is 13.7. The van der Waals surface area contributed by atoms with Crippen LogP contribution < -0.4 is 0 Å². The van der Waals surface area contributed by atoms with Gasteiger partial charge in [-0.2, -0.15) is 0 Å². The average Bonchev–Trinajstić information content (AvgIpc) is 2.34. The summed E-state index contributed by atoms with van der Waals surface area (Å²) in [6.07, 6.45) is 3.14. The van der Waals surface area contributed by atoms with E-state index in [0.29, 0.717) is 15.6 Å². The lowest BCUT2D eigenvalue weighted by molar-refractivity contribution is 0.0600. The molecular formula is C13H14BrNO3. The van der Waals surface area contributed by atoms with Gasteiger partial charge < -0.3 is 9.64 Å². The quantitative estimate of drug-likeness (QED) is 0.487. The van der Waals surface area contributed by atoms with Crippen molar-refractivity contribution in [1.29, 1.82) is 0 Å². The Bertz CT molecular complexity index is 495. The minimum Gasteiger partial charge on any atom is -0.465 e. The molecule has 1 aromatic carbocycles. The molecule has 4 nitrogen and oxygen atoms in total. The summed E-state index contributed by atoms with van der Waals surface area (Å²) in [4.78, 5) is 24.9. The maximum atomic E-state index is 11.9. The predicted molar refractivity (Wildman–Crippen MR) is 72.6 cm³/mol. The molecule has 0 aliphatic carbocycles. The lowest BCUT2D eigenvalue weighted by atomic mass is 10.1. The first-order valence-electron chi connectivity index (χ1n) is 5.22. The van der Waals surface area contributed by atoms with Gasteiger partial charge in [0.25, 0.3) is 0 Å². The minimum atomic E-state index is -0.432. The van der Waals surface area contributed by atoms with Crippen molar-refractivity contribution in [1.82, 2.24) is 4.90 Å². The van der Waals surface area contributed by atoms with Crippen molar-refractivity contribution in [3.63, 3.8) is 0 Å². The first-order valence-corrected chi connectivity index (χ1v) is 6.02. The number of halogens is 1. The summed E-state index contributed by atoms with van der Waals surface area (Å²) in [6, 6.07) is 4.73. The van der Waals surface area contributed by atoms with Gasteiger partial charge in [0.2, 0.25) is 0 Å². The summed E-state index contributed by atoms with van der Waals surface area (Å²) >= 11 is 3.28. The largest absolute Gasteiger partial charge is 0.465 e. The van der Waals surface area contributed by atoms with E-state index >= 15 is 0 Å². The zero-order valence-electron chi connectivity index (χ0n) is 10.4. The molecule has 18 heavy (non-hydrogen) atoms. The van der Waals surface area contributed by atoms with Gasteiger partial charge in [-0.3, -0.25) is 4.79 Å². The van der Waals surface area contributed by atoms with Crippen molar-refractivity contribution < 1.29 is 14.3 Å². The Hall–Kier alpha value is -1.62. The van der Waals surface area contributed by atoms with E-state index < -0.39 is 5.97 Å². The molecule has 0 radical (unpaired) electrons. The van der Waals surface area contributed by atoms with Crippen LogP contribution >= 0.6 is 15.9 Å². The Morgan fingerprint density at radius 3 is 2.50 bits per heavy atom. The molecule has 0 atom stereocenters. The topological polar surface area (TPSA) is 46.6 Å². The normalized spacial score (nSPS) is 10.4. The maximum Gasteiger partial charge on any atom is 0.337 e. The fourth-order valence-electron chi connectivity index (χ4n) is 1.27. The molecule has 96 valence electrons. The minimum absolute atomic E-state index is 0.132. The van der Waals surface area contributed by atoms with Gasteiger partial charge in [0.05, 0.1) is 12.7 Å². The van der Waals surface area contributed by atoms with Crippen LogP contribution in [0.4, 0.5) is 0 Å². The number of allylic oxidation sites excluding steroid dienone is 1. The van der Waals surface area contributed by atoms with Crippen LogP contribution in [0.5, 0.6) is 0 Å². The molecule has 0 amide bonds. The lowest BCUT2D eigenvalue weighted by Crippen LogP contribution is -2.05. The fraction of sp³-hybridized carbons (Fsp3) is 0.231. The van der Waals surface area contributed by atoms with Crippen molar-refractivity contribution >= 4 is 27.7 Å². The van der Waals surface area contributed by atoms with Crippen LogP contribution in [0.15, 0.2) is 34.9 Å². The number of carbonyl (C=O) groups is 2. The summed E-state index contributed by atoms with van der Waals surface area (Å²) in [6.45, 7) is 0. The molecule has 0 fully saturated rings. The van der Waals surface area contributed by atoms with E-state index in [9.17, 15) is 9.59 Å². The molecule has 0 aromatic heterocycles. The standard InChI is InChI=1S/C13H14BrNO3/c1-15(2)7-6-12(16)10-5-4-9(8-11(10)14)13(17)18-3/h4-8H,1-3H3/b7-6+. The Labute approximate surface area is 114 Å². The highest BCUT2D eigenvalue weighted by molar-refractivity contribution is 9.10. The molecule has 0 spiro atoms. The number of hydrogen-bond donors (Lipinski definition) is 0. The van der Waals surface area contributed by atoms with Gasteiger partial charge in [-0.1, -0.05) is 15.9 Å². The van der Waals surface area contributed by atoms with Gasteiger partial charge in [0.15, 0.2) is 5.78 Å². The third-order valence-corrected chi connectivity index (χ3v) is 2.84. The Kier molecular flexibility index (Phi) is 5.09. The number of ketones is 1. The molecule has 0 bridgehead atoms. The fourth-order valence-corrected chi connectivity index (χ4v) is 1.84. The number of benzene rings is 1. The molecular weight excluding hydrogens is 298 g/mol. The highest BCUT2D eigenvalue weighted by Crippen LogP contribution is 2.20. The van der Waals surface area contributed by atoms with E-state index in [1.54, 1.807) is 29.3 Å². The molecule has 0 saturated heterocycles. The molecule has 0 aliphatic heterocycles. The van der Waals surface area contributed by atoms with Gasteiger partial charge in [0.1, 0.15) is 0 Å². The second-order valence-corrected chi connectivity index (χ2v) is 4.68. The average molecular weight is 312 g/mol. The number of nitrogens with zero attached hydrogens (tertiary/aromatic N) is 1. The zero-order valence-corrected chi connectivity index (χ0v) is 12.0. The number of methoxy groups -OCH3 is 1. The van der Waals surface area contributed by atoms with Gasteiger partial charge in [0, 0.05) is 36.4 Å². The SMILES string of the molecule is COC(=O)c1ccc(C(=O)/C=C/N(C)C)c(Br)c1. The summed E-state index contributed by atoms with van der Waals surface area (Å²) < 4.78 is 5.17. The van der Waals surface area contributed by atoms with E-state index in [2.05, 4.69) is 20.7 Å². The number of hydrogen-bond acceptors (Lipinski definition) is 4. The Balaban J connectivity index is 2.99. The molecule has 1 aromatic rings. The highest BCUT2D eigenvalue weighted by Gasteiger charge is 2.11. The maximum absolute atomic E-state index is 11.9. The molecule has 0 unspecified atom stereocenters. The monoisotopic (exact) mass is 311 g/mol. The molecule has 5 heteroatoms. The highest BCUT2D eigenvalue weighted by atomic mass is 79.9. The van der Waals surface area contributed by atoms with Crippen LogP contribution in [0.25, 0.3) is 0 Å². The van der Waals surface area contributed by atoms with Crippen molar-refractivity contribution in [3.8, 4) is 0 Å². The van der Waals surface area contributed by atoms with E-state index in [-0.39, 0.29) is 5.78 Å². The van der Waals surface area contributed by atoms with Gasteiger partial charge in [-0.15, -0.1) is 0 Å². The number of esters is 1. The van der Waals surface area contributed by atoms with Crippen LogP contribution in [0.3, 0.4) is 0 Å². The smallest absolute Gasteiger partial charge is 0.337 e. The number of carbonyl (C=O) groups excluding carboxylic acids is 2. The van der Waals surface area contributed by atoms with E-state index in [0.717, 1.165) is 0 Å². The van der Waals surface area contributed by atoms with Crippen LogP contribution in [-0.2, 0) is 4.74 Å². The van der Waals surface area contributed by atoms with E-state index in [4.69, 9.17) is 0 Å². The van der Waals surface area contributed by atoms with Gasteiger partial charge in [-0.25, -0.2) is 4.79 Å². The second-order valence-electron chi connectivity index (χ2n) is 3.83. The number of rotatable bonds is 4. The Morgan fingerprint density at radius 1 is 1.33 bits per heavy atom. The van der Waals surface area contributed by atoms with Crippen LogP contribution in [0, 0.1) is 0 Å². The molecule has 0 heterocycles. The summed E-state index contributed by atoms with van der Waals surface area (Å²) in [5.41, 5.74) is 0.901. The van der Waals surface area contributed by atoms with Crippen molar-refractivity contribution in [2.45, 2.75) is 0 Å². The third-order valence-electron chi connectivity index (χ3n) is 2.18. The predicted octanol–water partition coefficient (Wildman–Crippen LogP) is 2.49. The van der Waals surface area contributed by atoms with E-state index in [1.807, 2.05) is 14.1 Å². The molecule has 1 rings (SSSR count). The summed E-state index contributed by atoms with van der Waals surface area (Å²) in [5, 5.41) is 0. The lowest BCUT2D eigenvalue weighted by Gasteiger charge is -2.05. The van der Waals surface area contributed by atoms with Crippen LogP contribution in [0.2, 0.25) is 0 Å². The number of ether oxygens (including phenoxy) is 1. The van der Waals surface area contributed by atoms with Crippen LogP contribution in [0.1, 0.15) is 20.7 Å². The first kappa shape index (κ1) is 14.4. The Morgan fingerprint density at radius 2 is 2.00 bits per heavy atom. The van der Waals surface area contributed by atoms with E-state index in [1.165, 1.54) is 13.2 Å². The second kappa shape index (κ2) is 6.35. The molecule has 0 aliphatic rings.